The van der Waals surface area contributed by atoms with Crippen LogP contribution in [-0.2, 0) is 13.0 Å². The molecule has 0 fully saturated rings. The first-order valence-corrected chi connectivity index (χ1v) is 7.86. The van der Waals surface area contributed by atoms with E-state index in [1.54, 1.807) is 24.3 Å². The van der Waals surface area contributed by atoms with Crippen molar-refractivity contribution in [3.05, 3.63) is 101 Å². The molecule has 0 spiro atoms. The van der Waals surface area contributed by atoms with Crippen LogP contribution in [0, 0.1) is 11.6 Å². The predicted octanol–water partition coefficient (Wildman–Crippen LogP) is 4.97. The van der Waals surface area contributed by atoms with Gasteiger partial charge in [0.05, 0.1) is 0 Å². The van der Waals surface area contributed by atoms with Gasteiger partial charge < -0.3 is 4.74 Å². The van der Waals surface area contributed by atoms with Gasteiger partial charge in [-0.2, -0.15) is 0 Å². The Morgan fingerprint density at radius 1 is 0.840 bits per heavy atom. The van der Waals surface area contributed by atoms with E-state index in [0.29, 0.717) is 12.0 Å². The topological polar surface area (TPSA) is 26.3 Å². The van der Waals surface area contributed by atoms with Crippen LogP contribution in [0.15, 0.2) is 72.8 Å². The van der Waals surface area contributed by atoms with Crippen molar-refractivity contribution in [1.29, 1.82) is 0 Å². The molecule has 3 rings (SSSR count). The van der Waals surface area contributed by atoms with Gasteiger partial charge in [0.2, 0.25) is 0 Å². The molecule has 126 valence electrons. The number of hydrogen-bond donors (Lipinski definition) is 0. The van der Waals surface area contributed by atoms with Crippen molar-refractivity contribution in [2.45, 2.75) is 13.0 Å². The molecular formula is C21H16F2O2. The Balaban J connectivity index is 1.62. The van der Waals surface area contributed by atoms with Gasteiger partial charge >= 0.3 is 0 Å². The molecule has 0 atom stereocenters. The third kappa shape index (κ3) is 4.51. The Hall–Kier alpha value is -3.01. The number of carbonyl (C=O) groups is 1. The number of ether oxygens (including phenoxy) is 1. The average molecular weight is 338 g/mol. The van der Waals surface area contributed by atoms with Crippen LogP contribution >= 0.6 is 0 Å². The molecule has 25 heavy (non-hydrogen) atoms. The Morgan fingerprint density at radius 2 is 1.56 bits per heavy atom. The smallest absolute Gasteiger partial charge is 0.167 e. The van der Waals surface area contributed by atoms with E-state index in [4.69, 9.17) is 4.74 Å². The van der Waals surface area contributed by atoms with Gasteiger partial charge in [-0.1, -0.05) is 54.6 Å². The molecule has 3 aromatic carbocycles. The van der Waals surface area contributed by atoms with E-state index in [0.717, 1.165) is 29.3 Å². The minimum absolute atomic E-state index is 0.0230. The van der Waals surface area contributed by atoms with Crippen molar-refractivity contribution in [2.75, 3.05) is 0 Å². The van der Waals surface area contributed by atoms with Crippen LogP contribution < -0.4 is 4.74 Å². The second-order valence-electron chi connectivity index (χ2n) is 5.65. The molecule has 0 saturated heterocycles. The van der Waals surface area contributed by atoms with Gasteiger partial charge in [0.25, 0.3) is 0 Å². The summed E-state index contributed by atoms with van der Waals surface area (Å²) in [7, 11) is 0. The highest BCUT2D eigenvalue weighted by Gasteiger charge is 2.08. The highest BCUT2D eigenvalue weighted by molar-refractivity contribution is 5.97. The molecule has 0 bridgehead atoms. The van der Waals surface area contributed by atoms with E-state index in [9.17, 15) is 13.6 Å². The minimum atomic E-state index is -0.615. The minimum Gasteiger partial charge on any atom is -0.486 e. The number of Topliss-reactive ketones (excluding diaryl/α,β-unsaturated/α-hetero) is 1. The summed E-state index contributed by atoms with van der Waals surface area (Å²) < 4.78 is 31.9. The van der Waals surface area contributed by atoms with Crippen molar-refractivity contribution in [3.8, 4) is 5.75 Å². The Labute approximate surface area is 144 Å². The number of rotatable bonds is 6. The number of halogens is 2. The molecule has 0 aliphatic carbocycles. The maximum absolute atomic E-state index is 13.5. The fourth-order valence-corrected chi connectivity index (χ4v) is 2.42. The normalized spacial score (nSPS) is 10.5. The molecule has 0 saturated carbocycles. The molecule has 0 aromatic heterocycles. The lowest BCUT2D eigenvalue weighted by Gasteiger charge is -2.08. The molecule has 0 heterocycles. The van der Waals surface area contributed by atoms with E-state index in [-0.39, 0.29) is 18.1 Å². The average Bonchev–Trinajstić information content (AvgIpc) is 2.64. The van der Waals surface area contributed by atoms with Crippen molar-refractivity contribution in [1.82, 2.24) is 0 Å². The molecule has 0 N–H and O–H groups in total. The van der Waals surface area contributed by atoms with E-state index in [1.807, 2.05) is 30.3 Å². The molecular weight excluding hydrogens is 322 g/mol. The van der Waals surface area contributed by atoms with Crippen LogP contribution in [0.2, 0.25) is 0 Å². The first-order chi connectivity index (χ1) is 12.1. The largest absolute Gasteiger partial charge is 0.486 e. The van der Waals surface area contributed by atoms with Crippen LogP contribution in [0.3, 0.4) is 0 Å². The van der Waals surface area contributed by atoms with Crippen LogP contribution in [0.5, 0.6) is 5.75 Å². The maximum Gasteiger partial charge on any atom is 0.167 e. The zero-order valence-corrected chi connectivity index (χ0v) is 13.4. The van der Waals surface area contributed by atoms with Gasteiger partial charge in [0.1, 0.15) is 12.4 Å². The number of benzene rings is 3. The third-order valence-electron chi connectivity index (χ3n) is 3.77. The van der Waals surface area contributed by atoms with Gasteiger partial charge in [-0.3, -0.25) is 4.79 Å². The Bertz CT molecular complexity index is 859. The zero-order chi connectivity index (χ0) is 17.6. The summed E-state index contributed by atoms with van der Waals surface area (Å²) in [6.45, 7) is 0.0908. The van der Waals surface area contributed by atoms with E-state index in [1.165, 1.54) is 0 Å². The van der Waals surface area contributed by atoms with Crippen molar-refractivity contribution >= 4 is 5.78 Å². The van der Waals surface area contributed by atoms with E-state index < -0.39 is 11.6 Å². The molecule has 0 radical (unpaired) electrons. The van der Waals surface area contributed by atoms with Gasteiger partial charge in [0, 0.05) is 18.1 Å². The second-order valence-corrected chi connectivity index (χ2v) is 5.65. The fourth-order valence-electron chi connectivity index (χ4n) is 2.42. The summed E-state index contributed by atoms with van der Waals surface area (Å²) in [6.07, 6.45) is 0.338. The molecule has 0 aliphatic rings. The standard InChI is InChI=1S/C21H16F2O2/c22-18-10-11-19(23)21(13-18)25-14-16-6-8-17(9-7-16)20(24)12-15-4-2-1-3-5-15/h1-11,13H,12,14H2. The summed E-state index contributed by atoms with van der Waals surface area (Å²) in [5.41, 5.74) is 2.32. The number of ketones is 1. The molecule has 4 heteroatoms. The lowest BCUT2D eigenvalue weighted by molar-refractivity contribution is 0.0993. The quantitative estimate of drug-likeness (QED) is 0.593. The fraction of sp³-hybridized carbons (Fsp3) is 0.0952. The highest BCUT2D eigenvalue weighted by Crippen LogP contribution is 2.19. The van der Waals surface area contributed by atoms with Gasteiger partial charge in [-0.15, -0.1) is 0 Å². The van der Waals surface area contributed by atoms with Crippen LogP contribution in [-0.4, -0.2) is 5.78 Å². The monoisotopic (exact) mass is 338 g/mol. The van der Waals surface area contributed by atoms with Crippen LogP contribution in [0.25, 0.3) is 0 Å². The number of carbonyl (C=O) groups excluding carboxylic acids is 1. The van der Waals surface area contributed by atoms with E-state index >= 15 is 0 Å². The summed E-state index contributed by atoms with van der Waals surface area (Å²) in [6, 6.07) is 19.5. The molecule has 0 unspecified atom stereocenters. The first kappa shape index (κ1) is 16.8. The van der Waals surface area contributed by atoms with Gasteiger partial charge in [-0.05, 0) is 23.3 Å². The molecule has 2 nitrogen and oxygen atoms in total. The predicted molar refractivity (Wildman–Crippen MR) is 91.6 cm³/mol. The second kappa shape index (κ2) is 7.71. The first-order valence-electron chi connectivity index (χ1n) is 7.86. The van der Waals surface area contributed by atoms with Crippen LogP contribution in [0.1, 0.15) is 21.5 Å². The van der Waals surface area contributed by atoms with Crippen LogP contribution in [0.4, 0.5) is 8.78 Å². The summed E-state index contributed by atoms with van der Waals surface area (Å²) in [5, 5.41) is 0. The van der Waals surface area contributed by atoms with E-state index in [2.05, 4.69) is 0 Å². The lowest BCUT2D eigenvalue weighted by atomic mass is 10.0. The highest BCUT2D eigenvalue weighted by atomic mass is 19.1. The molecule has 3 aromatic rings. The zero-order valence-electron chi connectivity index (χ0n) is 13.4. The lowest BCUT2D eigenvalue weighted by Crippen LogP contribution is -2.04. The van der Waals surface area contributed by atoms with Gasteiger partial charge in [-0.25, -0.2) is 8.78 Å². The summed E-state index contributed by atoms with van der Waals surface area (Å²) >= 11 is 0. The summed E-state index contributed by atoms with van der Waals surface area (Å²) in [4.78, 5) is 12.3. The third-order valence-corrected chi connectivity index (χ3v) is 3.77. The van der Waals surface area contributed by atoms with Gasteiger partial charge in [0.15, 0.2) is 17.3 Å². The van der Waals surface area contributed by atoms with Crippen molar-refractivity contribution in [2.24, 2.45) is 0 Å². The maximum atomic E-state index is 13.5. The summed E-state index contributed by atoms with van der Waals surface area (Å²) in [5.74, 6) is -1.28. The van der Waals surface area contributed by atoms with Crippen molar-refractivity contribution in [3.63, 3.8) is 0 Å². The van der Waals surface area contributed by atoms with Crippen molar-refractivity contribution < 1.29 is 18.3 Å². The molecule has 0 aliphatic heterocycles. The number of hydrogen-bond acceptors (Lipinski definition) is 2. The SMILES string of the molecule is O=C(Cc1ccccc1)c1ccc(COc2cc(F)ccc2F)cc1. The Kier molecular flexibility index (Phi) is 5.19. The Morgan fingerprint density at radius 3 is 2.28 bits per heavy atom. The molecule has 0 amide bonds.